The highest BCUT2D eigenvalue weighted by Crippen LogP contribution is 2.26. The van der Waals surface area contributed by atoms with Gasteiger partial charge < -0.3 is 9.84 Å². The summed E-state index contributed by atoms with van der Waals surface area (Å²) in [4.78, 5) is 14.5. The minimum atomic E-state index is -1.02. The fourth-order valence-corrected chi connectivity index (χ4v) is 1.48. The molecule has 1 aromatic heterocycles. The van der Waals surface area contributed by atoms with E-state index in [1.807, 2.05) is 0 Å². The van der Waals surface area contributed by atoms with Gasteiger partial charge in [0.25, 0.3) is 0 Å². The molecule has 1 N–H and O–H groups in total. The second-order valence-electron chi connectivity index (χ2n) is 3.77. The monoisotopic (exact) mass is 207 g/mol. The Morgan fingerprint density at radius 2 is 2.33 bits per heavy atom. The first-order chi connectivity index (χ1) is 7.25. The van der Waals surface area contributed by atoms with Crippen LogP contribution in [0.15, 0.2) is 18.2 Å². The maximum Gasteiger partial charge on any atom is 0.354 e. The van der Waals surface area contributed by atoms with Crippen molar-refractivity contribution in [3.63, 3.8) is 0 Å². The minimum absolute atomic E-state index is 0.0288. The Kier molecular flexibility index (Phi) is 2.85. The lowest BCUT2D eigenvalue weighted by Crippen LogP contribution is -2.19. The number of aromatic carboxylic acids is 1. The number of carboxylic acids is 1. The van der Waals surface area contributed by atoms with Crippen LogP contribution in [-0.4, -0.2) is 22.7 Å². The number of nitrogens with zero attached hydrogens (tertiary/aromatic N) is 1. The summed E-state index contributed by atoms with van der Waals surface area (Å²) in [7, 11) is 0. The number of hydrogen-bond acceptors (Lipinski definition) is 3. The van der Waals surface area contributed by atoms with Crippen LogP contribution in [-0.2, 0) is 0 Å². The van der Waals surface area contributed by atoms with Crippen molar-refractivity contribution in [2.75, 3.05) is 6.61 Å². The molecule has 0 saturated heterocycles. The lowest BCUT2D eigenvalue weighted by atomic mass is 9.86. The molecule has 0 atom stereocenters. The average Bonchev–Trinajstić information content (AvgIpc) is 2.16. The molecular weight excluding hydrogens is 194 g/mol. The molecule has 15 heavy (non-hydrogen) atoms. The Labute approximate surface area is 87.9 Å². The predicted octanol–water partition coefficient (Wildman–Crippen LogP) is 1.96. The van der Waals surface area contributed by atoms with Crippen molar-refractivity contribution in [3.8, 4) is 5.88 Å². The van der Waals surface area contributed by atoms with Gasteiger partial charge >= 0.3 is 5.97 Å². The molecule has 80 valence electrons. The van der Waals surface area contributed by atoms with E-state index in [0.717, 1.165) is 0 Å². The highest BCUT2D eigenvalue weighted by molar-refractivity contribution is 5.85. The third-order valence-electron chi connectivity index (χ3n) is 2.63. The third kappa shape index (κ3) is 2.46. The second kappa shape index (κ2) is 4.29. The Hall–Kier alpha value is -1.58. The molecule has 1 aliphatic carbocycles. The van der Waals surface area contributed by atoms with Crippen LogP contribution in [0.2, 0.25) is 0 Å². The van der Waals surface area contributed by atoms with Gasteiger partial charge in [-0.1, -0.05) is 12.5 Å². The molecular formula is C11H13NO3. The van der Waals surface area contributed by atoms with Crippen LogP contribution >= 0.6 is 0 Å². The van der Waals surface area contributed by atoms with Crippen molar-refractivity contribution in [1.29, 1.82) is 0 Å². The largest absolute Gasteiger partial charge is 0.477 e. The lowest BCUT2D eigenvalue weighted by Gasteiger charge is -2.24. The smallest absolute Gasteiger partial charge is 0.354 e. The van der Waals surface area contributed by atoms with E-state index in [-0.39, 0.29) is 5.69 Å². The Morgan fingerprint density at radius 1 is 1.53 bits per heavy atom. The lowest BCUT2D eigenvalue weighted by molar-refractivity contribution is 0.0688. The van der Waals surface area contributed by atoms with Crippen molar-refractivity contribution < 1.29 is 14.6 Å². The summed E-state index contributed by atoms with van der Waals surface area (Å²) in [5.41, 5.74) is 0.0288. The van der Waals surface area contributed by atoms with Gasteiger partial charge in [0.1, 0.15) is 0 Å². The zero-order valence-corrected chi connectivity index (χ0v) is 8.35. The van der Waals surface area contributed by atoms with Crippen LogP contribution in [0.25, 0.3) is 0 Å². The number of rotatable bonds is 4. The topological polar surface area (TPSA) is 59.4 Å². The highest BCUT2D eigenvalue weighted by Gasteiger charge is 2.18. The van der Waals surface area contributed by atoms with Gasteiger partial charge in [-0.05, 0) is 24.8 Å². The molecule has 1 heterocycles. The van der Waals surface area contributed by atoms with Crippen LogP contribution in [0.3, 0.4) is 0 Å². The minimum Gasteiger partial charge on any atom is -0.477 e. The number of pyridine rings is 1. The molecule has 1 aromatic rings. The molecule has 1 saturated carbocycles. The Bertz CT molecular complexity index is 361. The van der Waals surface area contributed by atoms with Crippen LogP contribution in [0.4, 0.5) is 0 Å². The average molecular weight is 207 g/mol. The third-order valence-corrected chi connectivity index (χ3v) is 2.63. The molecule has 0 spiro atoms. The standard InChI is InChI=1S/C11H13NO3/c13-11(14)9-5-2-6-10(12-9)15-7-8-3-1-4-8/h2,5-6,8H,1,3-4,7H2,(H,13,14). The van der Waals surface area contributed by atoms with Crippen molar-refractivity contribution >= 4 is 5.97 Å². The molecule has 0 aromatic carbocycles. The summed E-state index contributed by atoms with van der Waals surface area (Å²) >= 11 is 0. The molecule has 0 bridgehead atoms. The second-order valence-corrected chi connectivity index (χ2v) is 3.77. The van der Waals surface area contributed by atoms with E-state index in [2.05, 4.69) is 4.98 Å². The number of ether oxygens (including phenoxy) is 1. The number of carboxylic acid groups (broad SMARTS) is 1. The zero-order valence-electron chi connectivity index (χ0n) is 8.35. The number of hydrogen-bond donors (Lipinski definition) is 1. The van der Waals surface area contributed by atoms with E-state index >= 15 is 0 Å². The molecule has 2 rings (SSSR count). The summed E-state index contributed by atoms with van der Waals surface area (Å²) in [5, 5.41) is 8.73. The SMILES string of the molecule is O=C(O)c1cccc(OCC2CCC2)n1. The Morgan fingerprint density at radius 3 is 2.93 bits per heavy atom. The molecule has 0 unspecified atom stereocenters. The fourth-order valence-electron chi connectivity index (χ4n) is 1.48. The molecule has 0 radical (unpaired) electrons. The van der Waals surface area contributed by atoms with E-state index in [9.17, 15) is 4.79 Å². The summed E-state index contributed by atoms with van der Waals surface area (Å²) in [6.45, 7) is 0.649. The van der Waals surface area contributed by atoms with E-state index in [1.54, 1.807) is 12.1 Å². The first-order valence-corrected chi connectivity index (χ1v) is 5.09. The fraction of sp³-hybridized carbons (Fsp3) is 0.455. The number of aromatic nitrogens is 1. The van der Waals surface area contributed by atoms with Gasteiger partial charge in [0, 0.05) is 6.07 Å². The summed E-state index contributed by atoms with van der Waals surface area (Å²) < 4.78 is 5.43. The van der Waals surface area contributed by atoms with Crippen molar-refractivity contribution in [1.82, 2.24) is 4.98 Å². The Balaban J connectivity index is 1.94. The van der Waals surface area contributed by atoms with Crippen LogP contribution < -0.4 is 4.74 Å². The maximum atomic E-state index is 10.6. The van der Waals surface area contributed by atoms with E-state index in [4.69, 9.17) is 9.84 Å². The van der Waals surface area contributed by atoms with Crippen LogP contribution in [0, 0.1) is 5.92 Å². The quantitative estimate of drug-likeness (QED) is 0.819. The summed E-state index contributed by atoms with van der Waals surface area (Å²) in [5.74, 6) is 0.00572. The first kappa shape index (κ1) is 9.96. The molecule has 1 aliphatic rings. The molecule has 0 amide bonds. The number of carbonyl (C=O) groups is 1. The maximum absolute atomic E-state index is 10.6. The van der Waals surface area contributed by atoms with E-state index < -0.39 is 5.97 Å². The first-order valence-electron chi connectivity index (χ1n) is 5.09. The van der Waals surface area contributed by atoms with Gasteiger partial charge in [-0.25, -0.2) is 9.78 Å². The highest BCUT2D eigenvalue weighted by atomic mass is 16.5. The predicted molar refractivity (Wildman–Crippen MR) is 54.0 cm³/mol. The van der Waals surface area contributed by atoms with Crippen LogP contribution in [0.1, 0.15) is 29.8 Å². The zero-order chi connectivity index (χ0) is 10.7. The molecule has 0 aliphatic heterocycles. The van der Waals surface area contributed by atoms with Gasteiger partial charge in [0.15, 0.2) is 5.69 Å². The van der Waals surface area contributed by atoms with Gasteiger partial charge in [-0.3, -0.25) is 0 Å². The normalized spacial score (nSPS) is 15.7. The molecule has 1 fully saturated rings. The van der Waals surface area contributed by atoms with Crippen LogP contribution in [0.5, 0.6) is 5.88 Å². The van der Waals surface area contributed by atoms with Crippen molar-refractivity contribution in [2.45, 2.75) is 19.3 Å². The summed E-state index contributed by atoms with van der Waals surface area (Å²) in [6.07, 6.45) is 3.69. The van der Waals surface area contributed by atoms with E-state index in [1.165, 1.54) is 25.3 Å². The van der Waals surface area contributed by atoms with E-state index in [0.29, 0.717) is 18.4 Å². The molecule has 4 heteroatoms. The molecule has 4 nitrogen and oxygen atoms in total. The van der Waals surface area contributed by atoms with Gasteiger partial charge in [-0.2, -0.15) is 0 Å². The van der Waals surface area contributed by atoms with Crippen molar-refractivity contribution in [3.05, 3.63) is 23.9 Å². The van der Waals surface area contributed by atoms with Crippen molar-refractivity contribution in [2.24, 2.45) is 5.92 Å². The van der Waals surface area contributed by atoms with Gasteiger partial charge in [0.2, 0.25) is 5.88 Å². The summed E-state index contributed by atoms with van der Waals surface area (Å²) in [6, 6.07) is 4.79. The van der Waals surface area contributed by atoms with Gasteiger partial charge in [0.05, 0.1) is 6.61 Å². The van der Waals surface area contributed by atoms with Gasteiger partial charge in [-0.15, -0.1) is 0 Å².